The number of fused-ring (bicyclic) bond motifs is 5. The molecular formula is C25H26Cl2O2. The Bertz CT molecular complexity index is 969. The molecule has 0 amide bonds. The van der Waals surface area contributed by atoms with Crippen LogP contribution in [0.5, 0.6) is 0 Å². The van der Waals surface area contributed by atoms with Gasteiger partial charge in [-0.25, -0.2) is 0 Å². The maximum Gasteiger partial charge on any atom is 0.167 e. The summed E-state index contributed by atoms with van der Waals surface area (Å²) in [6, 6.07) is 11.7. The van der Waals surface area contributed by atoms with Gasteiger partial charge in [0, 0.05) is 12.8 Å². The summed E-state index contributed by atoms with van der Waals surface area (Å²) in [6.45, 7) is 2.08. The van der Waals surface area contributed by atoms with Gasteiger partial charge in [-0.3, -0.25) is 4.79 Å². The first kappa shape index (κ1) is 20.5. The molecule has 2 aromatic rings. The maximum atomic E-state index is 13.3. The van der Waals surface area contributed by atoms with E-state index in [0.29, 0.717) is 40.3 Å². The highest BCUT2D eigenvalue weighted by atomic mass is 35.5. The lowest BCUT2D eigenvalue weighted by atomic mass is 9.79. The first-order valence-electron chi connectivity index (χ1n) is 10.5. The van der Waals surface area contributed by atoms with Crippen LogP contribution in [-0.2, 0) is 11.2 Å². The summed E-state index contributed by atoms with van der Waals surface area (Å²) in [5.74, 6) is 1.28. The Balaban J connectivity index is 1.83. The van der Waals surface area contributed by atoms with Crippen molar-refractivity contribution < 1.29 is 9.90 Å². The molecule has 4 heteroatoms. The summed E-state index contributed by atoms with van der Waals surface area (Å²) in [5, 5.41) is 12.0. The lowest BCUT2D eigenvalue weighted by Crippen LogP contribution is -2.15. The first-order chi connectivity index (χ1) is 14.0. The van der Waals surface area contributed by atoms with Crippen molar-refractivity contribution in [2.45, 2.75) is 51.9 Å². The molecule has 2 bridgehead atoms. The van der Waals surface area contributed by atoms with Crippen LogP contribution < -0.4 is 0 Å². The van der Waals surface area contributed by atoms with Crippen LogP contribution in [0.15, 0.2) is 42.2 Å². The van der Waals surface area contributed by atoms with Crippen LogP contribution in [0.3, 0.4) is 0 Å². The van der Waals surface area contributed by atoms with Gasteiger partial charge in [-0.05, 0) is 84.4 Å². The summed E-state index contributed by atoms with van der Waals surface area (Å²) < 4.78 is 0. The lowest BCUT2D eigenvalue weighted by molar-refractivity contribution is -0.114. The Morgan fingerprint density at radius 1 is 0.897 bits per heavy atom. The van der Waals surface area contributed by atoms with Crippen molar-refractivity contribution in [2.24, 2.45) is 11.8 Å². The van der Waals surface area contributed by atoms with E-state index in [2.05, 4.69) is 13.0 Å². The Morgan fingerprint density at radius 3 is 2.17 bits per heavy atom. The summed E-state index contributed by atoms with van der Waals surface area (Å²) >= 11 is 12.3. The Morgan fingerprint density at radius 2 is 1.52 bits per heavy atom. The fraction of sp³-hybridized carbons (Fsp3) is 0.400. The van der Waals surface area contributed by atoms with Gasteiger partial charge in [0.05, 0.1) is 15.6 Å². The van der Waals surface area contributed by atoms with Crippen LogP contribution in [0.4, 0.5) is 0 Å². The standard InChI is InChI=1S/C25H26Cl2O2/c1-2-17-7-8-18(19-9-10-21(26)22(27)14-19)13-20(17)25-23(28)11-15-3-4-16(6-5-15)12-24(25)29/h7-10,13-16,28H,2-6,11-12H2,1H3. The number of aryl methyl sites for hydroxylation is 1. The molecule has 1 fully saturated rings. The minimum Gasteiger partial charge on any atom is -0.512 e. The first-order valence-corrected chi connectivity index (χ1v) is 11.3. The minimum atomic E-state index is 0.0797. The SMILES string of the molecule is CCc1ccc(-c2ccc(Cl)c(Cl)c2)cc1C1=C(O)CC2CCC(CC2)CC1=O. The smallest absolute Gasteiger partial charge is 0.167 e. The summed E-state index contributed by atoms with van der Waals surface area (Å²) in [6.07, 6.45) is 6.36. The van der Waals surface area contributed by atoms with Gasteiger partial charge in [0.15, 0.2) is 5.78 Å². The molecule has 3 aliphatic carbocycles. The molecule has 0 unspecified atom stereocenters. The van der Waals surface area contributed by atoms with Crippen molar-refractivity contribution in [3.8, 4) is 11.1 Å². The predicted molar refractivity (Wildman–Crippen MR) is 121 cm³/mol. The molecule has 2 nitrogen and oxygen atoms in total. The van der Waals surface area contributed by atoms with Crippen molar-refractivity contribution >= 4 is 34.6 Å². The molecular weight excluding hydrogens is 403 g/mol. The van der Waals surface area contributed by atoms with Crippen LogP contribution >= 0.6 is 23.2 Å². The fourth-order valence-corrected chi connectivity index (χ4v) is 5.12. The number of benzene rings is 2. The van der Waals surface area contributed by atoms with E-state index >= 15 is 0 Å². The van der Waals surface area contributed by atoms with Crippen molar-refractivity contribution in [1.29, 1.82) is 0 Å². The van der Waals surface area contributed by atoms with Gasteiger partial charge in [0.25, 0.3) is 0 Å². The molecule has 0 aromatic heterocycles. The van der Waals surface area contributed by atoms with Gasteiger partial charge in [-0.2, -0.15) is 0 Å². The van der Waals surface area contributed by atoms with E-state index in [0.717, 1.165) is 54.4 Å². The van der Waals surface area contributed by atoms with Crippen molar-refractivity contribution in [3.63, 3.8) is 0 Å². The number of halogens is 2. The third-order valence-corrected chi connectivity index (χ3v) is 7.24. The fourth-order valence-electron chi connectivity index (χ4n) is 4.82. The zero-order valence-corrected chi connectivity index (χ0v) is 18.2. The number of hydrogen-bond acceptors (Lipinski definition) is 2. The van der Waals surface area contributed by atoms with Crippen LogP contribution in [0.25, 0.3) is 16.7 Å². The normalized spacial score (nSPS) is 22.4. The monoisotopic (exact) mass is 428 g/mol. The highest BCUT2D eigenvalue weighted by molar-refractivity contribution is 6.42. The molecule has 29 heavy (non-hydrogen) atoms. The minimum absolute atomic E-state index is 0.0797. The topological polar surface area (TPSA) is 37.3 Å². The van der Waals surface area contributed by atoms with E-state index < -0.39 is 0 Å². The number of aliphatic hydroxyl groups is 1. The van der Waals surface area contributed by atoms with Crippen molar-refractivity contribution in [2.75, 3.05) is 0 Å². The Labute approximate surface area is 182 Å². The Kier molecular flexibility index (Phi) is 6.03. The predicted octanol–water partition coefficient (Wildman–Crippen LogP) is 7.66. The average Bonchev–Trinajstić information content (AvgIpc) is 2.80. The molecule has 3 aliphatic rings. The molecule has 0 atom stereocenters. The van der Waals surface area contributed by atoms with Crippen LogP contribution in [0.2, 0.25) is 10.0 Å². The third kappa shape index (κ3) is 4.25. The molecule has 0 spiro atoms. The average molecular weight is 429 g/mol. The number of rotatable bonds is 3. The third-order valence-electron chi connectivity index (χ3n) is 6.50. The van der Waals surface area contributed by atoms with E-state index in [1.54, 1.807) is 6.07 Å². The number of hydrogen-bond donors (Lipinski definition) is 1. The van der Waals surface area contributed by atoms with Gasteiger partial charge >= 0.3 is 0 Å². The molecule has 1 saturated carbocycles. The number of carbonyl (C=O) groups is 1. The Hall–Kier alpha value is -1.77. The van der Waals surface area contributed by atoms with Gasteiger partial charge in [0.1, 0.15) is 5.76 Å². The number of allylic oxidation sites excluding steroid dienone is 2. The van der Waals surface area contributed by atoms with Crippen LogP contribution in [-0.4, -0.2) is 10.9 Å². The molecule has 1 N–H and O–H groups in total. The number of ketones is 1. The van der Waals surface area contributed by atoms with Crippen molar-refractivity contribution in [3.05, 3.63) is 63.3 Å². The van der Waals surface area contributed by atoms with E-state index in [-0.39, 0.29) is 11.5 Å². The van der Waals surface area contributed by atoms with E-state index in [4.69, 9.17) is 23.2 Å². The number of carbonyl (C=O) groups excluding carboxylic acids is 1. The van der Waals surface area contributed by atoms with Gasteiger partial charge in [-0.1, -0.05) is 48.3 Å². The van der Waals surface area contributed by atoms with Crippen LogP contribution in [0.1, 0.15) is 56.6 Å². The van der Waals surface area contributed by atoms with Crippen LogP contribution in [0, 0.1) is 11.8 Å². The van der Waals surface area contributed by atoms with E-state index in [1.807, 2.05) is 24.3 Å². The zero-order chi connectivity index (χ0) is 20.5. The highest BCUT2D eigenvalue weighted by Crippen LogP contribution is 2.40. The van der Waals surface area contributed by atoms with Crippen molar-refractivity contribution in [1.82, 2.24) is 0 Å². The second kappa shape index (κ2) is 8.53. The molecule has 0 radical (unpaired) electrons. The molecule has 0 aliphatic heterocycles. The second-order valence-electron chi connectivity index (χ2n) is 8.39. The summed E-state index contributed by atoms with van der Waals surface area (Å²) in [7, 11) is 0. The van der Waals surface area contributed by atoms with Gasteiger partial charge in [0.2, 0.25) is 0 Å². The largest absolute Gasteiger partial charge is 0.512 e. The summed E-state index contributed by atoms with van der Waals surface area (Å²) in [4.78, 5) is 13.3. The summed E-state index contributed by atoms with van der Waals surface area (Å²) in [5.41, 5.74) is 4.38. The number of Topliss-reactive ketones (excluding diaryl/α,β-unsaturated/α-hetero) is 1. The molecule has 152 valence electrons. The molecule has 5 rings (SSSR count). The second-order valence-corrected chi connectivity index (χ2v) is 9.21. The van der Waals surface area contributed by atoms with E-state index in [1.165, 1.54) is 0 Å². The lowest BCUT2D eigenvalue weighted by Gasteiger charge is -2.26. The van der Waals surface area contributed by atoms with Gasteiger partial charge in [-0.15, -0.1) is 0 Å². The van der Waals surface area contributed by atoms with Gasteiger partial charge < -0.3 is 5.11 Å². The molecule has 0 saturated heterocycles. The maximum absolute atomic E-state index is 13.3. The molecule has 2 aromatic carbocycles. The molecule has 0 heterocycles. The quantitative estimate of drug-likeness (QED) is 0.544. The zero-order valence-electron chi connectivity index (χ0n) is 16.7. The highest BCUT2D eigenvalue weighted by Gasteiger charge is 2.31. The number of aliphatic hydroxyl groups excluding tert-OH is 1. The van der Waals surface area contributed by atoms with E-state index in [9.17, 15) is 9.90 Å².